The van der Waals surface area contributed by atoms with Gasteiger partial charge in [0.15, 0.2) is 11.9 Å². The summed E-state index contributed by atoms with van der Waals surface area (Å²) >= 11 is 0. The Balaban J connectivity index is 2.27. The molecule has 2 rings (SSSR count). The predicted octanol–water partition coefficient (Wildman–Crippen LogP) is 0.892. The third-order valence-electron chi connectivity index (χ3n) is 5.42. The fourth-order valence-electron chi connectivity index (χ4n) is 3.29. The normalized spacial score (nSPS) is 20.2. The van der Waals surface area contributed by atoms with Gasteiger partial charge in [0.05, 0.1) is 0 Å². The van der Waals surface area contributed by atoms with Crippen molar-refractivity contribution in [2.24, 2.45) is 11.1 Å². The van der Waals surface area contributed by atoms with Gasteiger partial charge in [-0.2, -0.15) is 0 Å². The molecule has 8 heteroatoms. The maximum atomic E-state index is 13.3. The Kier molecular flexibility index (Phi) is 7.13. The minimum Gasteiger partial charge on any atom is -0.367 e. The van der Waals surface area contributed by atoms with Gasteiger partial charge in [0.25, 0.3) is 5.91 Å². The summed E-state index contributed by atoms with van der Waals surface area (Å²) in [6, 6.07) is 6.61. The molecule has 1 fully saturated rings. The summed E-state index contributed by atoms with van der Waals surface area (Å²) < 4.78 is 5.16. The fourth-order valence-corrected chi connectivity index (χ4v) is 3.29. The van der Waals surface area contributed by atoms with E-state index >= 15 is 0 Å². The zero-order valence-electron chi connectivity index (χ0n) is 17.3. The van der Waals surface area contributed by atoms with Gasteiger partial charge in [-0.1, -0.05) is 45.4 Å². The number of benzene rings is 1. The van der Waals surface area contributed by atoms with Crippen LogP contribution >= 0.6 is 0 Å². The first kappa shape index (κ1) is 22.5. The SMILES string of the molecule is CCC(C)(C)CC(NC(=O)c1ccccc1)C(=O)N(C)C1C(=O)CO[C@@H]1C(N)=O. The van der Waals surface area contributed by atoms with E-state index in [4.69, 9.17) is 10.5 Å². The molecular formula is C21H29N3O5. The standard InChI is InChI=1S/C21H29N3O5/c1-5-21(2,3)11-14(23-19(27)13-9-7-6-8-10-13)20(28)24(4)16-15(25)12-29-17(16)18(22)26/h6-10,14,16-17H,5,11-12H2,1-4H3,(H2,22,26)(H,23,27)/t14?,16?,17-/m0/s1. The first-order valence-corrected chi connectivity index (χ1v) is 9.63. The first-order valence-electron chi connectivity index (χ1n) is 9.63. The van der Waals surface area contributed by atoms with Crippen LogP contribution in [0.25, 0.3) is 0 Å². The summed E-state index contributed by atoms with van der Waals surface area (Å²) in [5.41, 5.74) is 5.52. The van der Waals surface area contributed by atoms with Crippen LogP contribution in [-0.4, -0.2) is 60.2 Å². The average molecular weight is 403 g/mol. The molecule has 3 atom stereocenters. The Hall–Kier alpha value is -2.74. The summed E-state index contributed by atoms with van der Waals surface area (Å²) in [6.07, 6.45) is -0.0353. The molecule has 1 aliphatic heterocycles. The summed E-state index contributed by atoms with van der Waals surface area (Å²) in [6.45, 7) is 5.72. The molecule has 1 saturated heterocycles. The Morgan fingerprint density at radius 1 is 1.28 bits per heavy atom. The van der Waals surface area contributed by atoms with E-state index in [1.54, 1.807) is 30.3 Å². The topological polar surface area (TPSA) is 119 Å². The molecule has 1 heterocycles. The third-order valence-corrected chi connectivity index (χ3v) is 5.42. The van der Waals surface area contributed by atoms with Crippen molar-refractivity contribution < 1.29 is 23.9 Å². The lowest BCUT2D eigenvalue weighted by molar-refractivity contribution is -0.141. The maximum Gasteiger partial charge on any atom is 0.251 e. The third kappa shape index (κ3) is 5.41. The molecule has 158 valence electrons. The number of likely N-dealkylation sites (N-methyl/N-ethyl adjacent to an activating group) is 1. The van der Waals surface area contributed by atoms with E-state index in [0.29, 0.717) is 12.0 Å². The number of amides is 3. The van der Waals surface area contributed by atoms with Crippen LogP contribution in [0.4, 0.5) is 0 Å². The minimum atomic E-state index is -1.19. The van der Waals surface area contributed by atoms with Crippen LogP contribution in [0.3, 0.4) is 0 Å². The van der Waals surface area contributed by atoms with E-state index in [0.717, 1.165) is 6.42 Å². The number of Topliss-reactive ketones (excluding diaryl/α,β-unsaturated/α-hetero) is 1. The smallest absolute Gasteiger partial charge is 0.251 e. The van der Waals surface area contributed by atoms with Crippen molar-refractivity contribution in [1.82, 2.24) is 10.2 Å². The zero-order chi connectivity index (χ0) is 21.8. The van der Waals surface area contributed by atoms with Gasteiger partial charge in [0.1, 0.15) is 18.7 Å². The number of primary amides is 1. The minimum absolute atomic E-state index is 0.232. The number of carbonyl (C=O) groups is 4. The van der Waals surface area contributed by atoms with Crippen LogP contribution in [-0.2, 0) is 19.1 Å². The van der Waals surface area contributed by atoms with Crippen LogP contribution in [0.1, 0.15) is 44.0 Å². The van der Waals surface area contributed by atoms with Crippen molar-refractivity contribution in [3.05, 3.63) is 35.9 Å². The van der Waals surface area contributed by atoms with Crippen LogP contribution < -0.4 is 11.1 Å². The van der Waals surface area contributed by atoms with Gasteiger partial charge in [-0.15, -0.1) is 0 Å². The van der Waals surface area contributed by atoms with Gasteiger partial charge in [-0.25, -0.2) is 0 Å². The van der Waals surface area contributed by atoms with Gasteiger partial charge in [0, 0.05) is 12.6 Å². The summed E-state index contributed by atoms with van der Waals surface area (Å²) in [4.78, 5) is 51.0. The number of hydrogen-bond donors (Lipinski definition) is 2. The fraction of sp³-hybridized carbons (Fsp3) is 0.524. The molecule has 0 saturated carbocycles. The summed E-state index contributed by atoms with van der Waals surface area (Å²) in [5.74, 6) is -2.05. The van der Waals surface area contributed by atoms with Gasteiger partial charge in [-0.05, 0) is 24.0 Å². The highest BCUT2D eigenvalue weighted by molar-refractivity contribution is 6.01. The lowest BCUT2D eigenvalue weighted by Gasteiger charge is -2.33. The molecule has 0 aromatic heterocycles. The quantitative estimate of drug-likeness (QED) is 0.668. The number of nitrogens with two attached hydrogens (primary N) is 1. The van der Waals surface area contributed by atoms with Crippen molar-refractivity contribution in [3.63, 3.8) is 0 Å². The second kappa shape index (κ2) is 9.17. The van der Waals surface area contributed by atoms with Crippen molar-refractivity contribution >= 4 is 23.5 Å². The molecule has 0 aliphatic carbocycles. The van der Waals surface area contributed by atoms with Crippen LogP contribution in [0.2, 0.25) is 0 Å². The number of hydrogen-bond acceptors (Lipinski definition) is 5. The highest BCUT2D eigenvalue weighted by Crippen LogP contribution is 2.28. The molecule has 2 unspecified atom stereocenters. The molecular weight excluding hydrogens is 374 g/mol. The number of carbonyl (C=O) groups excluding carboxylic acids is 4. The van der Waals surface area contributed by atoms with E-state index in [1.165, 1.54) is 11.9 Å². The number of nitrogens with one attached hydrogen (secondary N) is 1. The van der Waals surface area contributed by atoms with E-state index in [1.807, 2.05) is 20.8 Å². The van der Waals surface area contributed by atoms with Gasteiger partial charge >= 0.3 is 0 Å². The van der Waals surface area contributed by atoms with Gasteiger partial charge in [0.2, 0.25) is 11.8 Å². The summed E-state index contributed by atoms with van der Waals surface area (Å²) in [7, 11) is 1.43. The Labute approximate surface area is 170 Å². The van der Waals surface area contributed by atoms with Crippen LogP contribution in [0, 0.1) is 5.41 Å². The number of ether oxygens (including phenoxy) is 1. The molecule has 29 heavy (non-hydrogen) atoms. The highest BCUT2D eigenvalue weighted by atomic mass is 16.5. The average Bonchev–Trinajstić information content (AvgIpc) is 3.08. The molecule has 1 aliphatic rings. The van der Waals surface area contributed by atoms with E-state index in [9.17, 15) is 19.2 Å². The van der Waals surface area contributed by atoms with Crippen LogP contribution in [0.15, 0.2) is 30.3 Å². The van der Waals surface area contributed by atoms with Crippen LogP contribution in [0.5, 0.6) is 0 Å². The highest BCUT2D eigenvalue weighted by Gasteiger charge is 2.45. The Morgan fingerprint density at radius 2 is 1.90 bits per heavy atom. The summed E-state index contributed by atoms with van der Waals surface area (Å²) in [5, 5.41) is 2.79. The molecule has 1 aromatic carbocycles. The molecule has 1 aromatic rings. The van der Waals surface area contributed by atoms with E-state index < -0.39 is 35.8 Å². The van der Waals surface area contributed by atoms with Crippen molar-refractivity contribution in [1.29, 1.82) is 0 Å². The number of ketones is 1. The van der Waals surface area contributed by atoms with E-state index in [-0.39, 0.29) is 17.9 Å². The molecule has 0 bridgehead atoms. The second-order valence-corrected chi connectivity index (χ2v) is 8.11. The first-order chi connectivity index (χ1) is 13.6. The van der Waals surface area contributed by atoms with Gasteiger partial charge in [-0.3, -0.25) is 19.2 Å². The maximum absolute atomic E-state index is 13.3. The predicted molar refractivity (Wildman–Crippen MR) is 107 cm³/mol. The van der Waals surface area contributed by atoms with E-state index in [2.05, 4.69) is 5.32 Å². The number of nitrogens with zero attached hydrogens (tertiary/aromatic N) is 1. The van der Waals surface area contributed by atoms with Crippen molar-refractivity contribution in [3.8, 4) is 0 Å². The van der Waals surface area contributed by atoms with Crippen molar-refractivity contribution in [2.75, 3.05) is 13.7 Å². The molecule has 8 nitrogen and oxygen atoms in total. The van der Waals surface area contributed by atoms with Crippen molar-refractivity contribution in [2.45, 2.75) is 51.8 Å². The van der Waals surface area contributed by atoms with Gasteiger partial charge < -0.3 is 20.7 Å². The Bertz CT molecular complexity index is 778. The molecule has 0 spiro atoms. The zero-order valence-corrected chi connectivity index (χ0v) is 17.3. The Morgan fingerprint density at radius 3 is 2.45 bits per heavy atom. The largest absolute Gasteiger partial charge is 0.367 e. The number of rotatable bonds is 8. The molecule has 3 N–H and O–H groups in total. The lowest BCUT2D eigenvalue weighted by Crippen LogP contribution is -2.56. The molecule has 0 radical (unpaired) electrons. The second-order valence-electron chi connectivity index (χ2n) is 8.11. The molecule has 3 amide bonds. The monoisotopic (exact) mass is 403 g/mol. The lowest BCUT2D eigenvalue weighted by atomic mass is 9.82.